The van der Waals surface area contributed by atoms with Crippen LogP contribution >= 0.6 is 12.4 Å². The number of non-ortho nitro benzene ring substituents is 1. The molecular formula is C12H15ClN4O4S. The Kier molecular flexibility index (Phi) is 4.69. The van der Waals surface area contributed by atoms with E-state index in [9.17, 15) is 18.5 Å². The summed E-state index contributed by atoms with van der Waals surface area (Å²) in [5.41, 5.74) is 0.668. The monoisotopic (exact) mass is 346 g/mol. The van der Waals surface area contributed by atoms with E-state index < -0.39 is 20.0 Å². The van der Waals surface area contributed by atoms with Crippen LogP contribution in [0.1, 0.15) is 12.8 Å². The molecule has 0 spiro atoms. The van der Waals surface area contributed by atoms with Crippen LogP contribution in [0.4, 0.5) is 5.69 Å². The summed E-state index contributed by atoms with van der Waals surface area (Å²) in [4.78, 5) is 17.0. The molecular weight excluding hydrogens is 332 g/mol. The number of nitro groups is 1. The van der Waals surface area contributed by atoms with Gasteiger partial charge in [-0.25, -0.2) is 13.4 Å². The summed E-state index contributed by atoms with van der Waals surface area (Å²) in [7, 11) is -3.53. The second-order valence-corrected chi connectivity index (χ2v) is 7.14. The van der Waals surface area contributed by atoms with Crippen molar-refractivity contribution in [2.45, 2.75) is 23.2 Å². The number of imidazole rings is 1. The molecule has 2 heterocycles. The Morgan fingerprint density at radius 1 is 1.27 bits per heavy atom. The molecule has 1 aliphatic rings. The van der Waals surface area contributed by atoms with E-state index in [0.717, 1.165) is 0 Å². The van der Waals surface area contributed by atoms with Gasteiger partial charge in [-0.1, -0.05) is 0 Å². The van der Waals surface area contributed by atoms with Crippen molar-refractivity contribution in [3.05, 3.63) is 28.3 Å². The molecule has 1 aromatic heterocycles. The highest BCUT2D eigenvalue weighted by atomic mass is 35.5. The number of halogens is 1. The number of nitrogens with zero attached hydrogens (tertiary/aromatic N) is 2. The maximum atomic E-state index is 12.5. The van der Waals surface area contributed by atoms with Crippen molar-refractivity contribution in [2.24, 2.45) is 0 Å². The van der Waals surface area contributed by atoms with Gasteiger partial charge in [-0.2, -0.15) is 0 Å². The lowest BCUT2D eigenvalue weighted by Crippen LogP contribution is -2.36. The van der Waals surface area contributed by atoms with E-state index in [4.69, 9.17) is 0 Å². The number of aromatic amines is 1. The summed E-state index contributed by atoms with van der Waals surface area (Å²) in [6, 6.07) is 4.05. The number of nitro benzene ring substituents is 1. The number of hydrogen-bond acceptors (Lipinski definition) is 6. The van der Waals surface area contributed by atoms with Crippen LogP contribution < -0.4 is 5.32 Å². The van der Waals surface area contributed by atoms with Gasteiger partial charge >= 0.3 is 0 Å². The van der Waals surface area contributed by atoms with E-state index in [-0.39, 0.29) is 23.3 Å². The van der Waals surface area contributed by atoms with E-state index >= 15 is 0 Å². The van der Waals surface area contributed by atoms with Crippen LogP contribution in [0.25, 0.3) is 11.0 Å². The van der Waals surface area contributed by atoms with Gasteiger partial charge in [0.2, 0.25) is 15.0 Å². The fourth-order valence-electron chi connectivity index (χ4n) is 2.49. The van der Waals surface area contributed by atoms with Crippen LogP contribution in [-0.2, 0) is 9.84 Å². The molecule has 0 aliphatic carbocycles. The third-order valence-electron chi connectivity index (χ3n) is 3.65. The first-order valence-electron chi connectivity index (χ1n) is 6.57. The van der Waals surface area contributed by atoms with Crippen molar-refractivity contribution in [2.75, 3.05) is 13.1 Å². The predicted molar refractivity (Wildman–Crippen MR) is 83.1 cm³/mol. The van der Waals surface area contributed by atoms with Gasteiger partial charge in [-0.3, -0.25) is 10.1 Å². The Balaban J connectivity index is 0.00000176. The number of piperidine rings is 1. The lowest BCUT2D eigenvalue weighted by Gasteiger charge is -2.21. The van der Waals surface area contributed by atoms with Gasteiger partial charge in [0.25, 0.3) is 5.69 Å². The van der Waals surface area contributed by atoms with Gasteiger partial charge in [0.05, 0.1) is 21.2 Å². The molecule has 22 heavy (non-hydrogen) atoms. The van der Waals surface area contributed by atoms with Crippen LogP contribution in [-0.4, -0.2) is 41.6 Å². The van der Waals surface area contributed by atoms with Gasteiger partial charge in [-0.05, 0) is 32.0 Å². The first-order valence-corrected chi connectivity index (χ1v) is 8.12. The van der Waals surface area contributed by atoms with E-state index in [1.54, 1.807) is 0 Å². The SMILES string of the molecule is Cl.O=[N+]([O-])c1ccc2nc(S(=O)(=O)C3CCNCC3)[nH]c2c1. The zero-order valence-corrected chi connectivity index (χ0v) is 13.1. The highest BCUT2D eigenvalue weighted by molar-refractivity contribution is 7.91. The molecule has 0 radical (unpaired) electrons. The summed E-state index contributed by atoms with van der Waals surface area (Å²) >= 11 is 0. The molecule has 8 nitrogen and oxygen atoms in total. The topological polar surface area (TPSA) is 118 Å². The van der Waals surface area contributed by atoms with Gasteiger partial charge in [0.15, 0.2) is 0 Å². The fourth-order valence-corrected chi connectivity index (χ4v) is 4.14. The van der Waals surface area contributed by atoms with Crippen molar-refractivity contribution < 1.29 is 13.3 Å². The second kappa shape index (κ2) is 6.19. The van der Waals surface area contributed by atoms with Crippen LogP contribution in [0.2, 0.25) is 0 Å². The highest BCUT2D eigenvalue weighted by Gasteiger charge is 2.31. The number of rotatable bonds is 3. The minimum absolute atomic E-state index is 0. The Hall–Kier alpha value is -1.71. The van der Waals surface area contributed by atoms with Gasteiger partial charge < -0.3 is 10.3 Å². The lowest BCUT2D eigenvalue weighted by atomic mass is 10.2. The third kappa shape index (κ3) is 2.92. The van der Waals surface area contributed by atoms with E-state index in [2.05, 4.69) is 15.3 Å². The molecule has 2 N–H and O–H groups in total. The van der Waals surface area contributed by atoms with Crippen LogP contribution in [0.5, 0.6) is 0 Å². The molecule has 0 bridgehead atoms. The molecule has 2 aromatic rings. The Morgan fingerprint density at radius 3 is 2.59 bits per heavy atom. The first kappa shape index (κ1) is 16.7. The largest absolute Gasteiger partial charge is 0.329 e. The minimum Gasteiger partial charge on any atom is -0.329 e. The smallest absolute Gasteiger partial charge is 0.271 e. The number of nitrogens with one attached hydrogen (secondary N) is 2. The van der Waals surface area contributed by atoms with Crippen LogP contribution in [0, 0.1) is 10.1 Å². The molecule has 1 aliphatic heterocycles. The minimum atomic E-state index is -3.53. The normalized spacial score (nSPS) is 16.4. The average molecular weight is 347 g/mol. The van der Waals surface area contributed by atoms with Crippen molar-refractivity contribution in [1.29, 1.82) is 0 Å². The Bertz CT molecular complexity index is 799. The predicted octanol–water partition coefficient (Wildman–Crippen LogP) is 1.42. The van der Waals surface area contributed by atoms with E-state index in [1.807, 2.05) is 0 Å². The summed E-state index contributed by atoms with van der Waals surface area (Å²) in [6.45, 7) is 1.32. The number of fused-ring (bicyclic) bond motifs is 1. The van der Waals surface area contributed by atoms with Crippen LogP contribution in [0.3, 0.4) is 0 Å². The molecule has 0 atom stereocenters. The summed E-state index contributed by atoms with van der Waals surface area (Å²) in [6.07, 6.45) is 1.08. The molecule has 3 rings (SSSR count). The van der Waals surface area contributed by atoms with Crippen molar-refractivity contribution in [3.63, 3.8) is 0 Å². The van der Waals surface area contributed by atoms with E-state index in [0.29, 0.717) is 37.0 Å². The van der Waals surface area contributed by atoms with Gasteiger partial charge in [0, 0.05) is 12.1 Å². The molecule has 1 saturated heterocycles. The number of sulfone groups is 1. The molecule has 0 unspecified atom stereocenters. The number of H-pyrrole nitrogens is 1. The summed E-state index contributed by atoms with van der Waals surface area (Å²) < 4.78 is 25.0. The molecule has 0 amide bonds. The molecule has 1 fully saturated rings. The summed E-state index contributed by atoms with van der Waals surface area (Å²) in [5.74, 6) is 0. The second-order valence-electron chi connectivity index (χ2n) is 4.99. The Morgan fingerprint density at radius 2 is 1.95 bits per heavy atom. The van der Waals surface area contributed by atoms with E-state index in [1.165, 1.54) is 18.2 Å². The van der Waals surface area contributed by atoms with Crippen molar-refractivity contribution in [1.82, 2.24) is 15.3 Å². The zero-order chi connectivity index (χ0) is 15.0. The van der Waals surface area contributed by atoms with Gasteiger partial charge in [0.1, 0.15) is 0 Å². The average Bonchev–Trinajstić information content (AvgIpc) is 2.91. The molecule has 1 aromatic carbocycles. The van der Waals surface area contributed by atoms with Crippen molar-refractivity contribution >= 4 is 39.0 Å². The lowest BCUT2D eigenvalue weighted by molar-refractivity contribution is -0.384. The number of aromatic nitrogens is 2. The molecule has 10 heteroatoms. The zero-order valence-electron chi connectivity index (χ0n) is 11.5. The highest BCUT2D eigenvalue weighted by Crippen LogP contribution is 2.24. The van der Waals surface area contributed by atoms with Crippen molar-refractivity contribution in [3.8, 4) is 0 Å². The maximum Gasteiger partial charge on any atom is 0.271 e. The quantitative estimate of drug-likeness (QED) is 0.641. The standard InChI is InChI=1S/C12H14N4O4S.ClH/c17-16(18)8-1-2-10-11(7-8)15-12(14-10)21(19,20)9-3-5-13-6-4-9;/h1-2,7,9,13H,3-6H2,(H,14,15);1H. The summed E-state index contributed by atoms with van der Waals surface area (Å²) in [5, 5.41) is 13.3. The fraction of sp³-hybridized carbons (Fsp3) is 0.417. The number of benzene rings is 1. The maximum absolute atomic E-state index is 12.5. The Labute approximate surface area is 132 Å². The molecule has 120 valence electrons. The third-order valence-corrected chi connectivity index (χ3v) is 5.73. The van der Waals surface area contributed by atoms with Gasteiger partial charge in [-0.15, -0.1) is 12.4 Å². The van der Waals surface area contributed by atoms with Crippen LogP contribution in [0.15, 0.2) is 23.4 Å². The molecule has 0 saturated carbocycles. The first-order chi connectivity index (χ1) is 9.98. The number of hydrogen-bond donors (Lipinski definition) is 2.